The summed E-state index contributed by atoms with van der Waals surface area (Å²) in [5.41, 5.74) is 4.35. The van der Waals surface area contributed by atoms with Crippen LogP contribution in [0.3, 0.4) is 0 Å². The molecule has 0 spiro atoms. The fourth-order valence-electron chi connectivity index (χ4n) is 2.86. The Morgan fingerprint density at radius 3 is 2.74 bits per heavy atom. The lowest BCUT2D eigenvalue weighted by Gasteiger charge is -2.28. The second-order valence-electron chi connectivity index (χ2n) is 5.78. The van der Waals surface area contributed by atoms with E-state index >= 15 is 0 Å². The molecule has 0 saturated heterocycles. The van der Waals surface area contributed by atoms with Crippen molar-refractivity contribution in [3.05, 3.63) is 58.9 Å². The molecular weight excluding hydrogens is 290 g/mol. The van der Waals surface area contributed by atoms with Gasteiger partial charge in [-0.2, -0.15) is 0 Å². The zero-order valence-electron chi connectivity index (χ0n) is 13.3. The number of aryl methyl sites for hydroxylation is 1. The highest BCUT2D eigenvalue weighted by Crippen LogP contribution is 2.23. The van der Waals surface area contributed by atoms with Crippen LogP contribution in [0.25, 0.3) is 0 Å². The molecule has 23 heavy (non-hydrogen) atoms. The molecule has 0 saturated carbocycles. The number of amides is 2. The maximum atomic E-state index is 12.6. The molecule has 1 aliphatic heterocycles. The largest absolute Gasteiger partial charge is 0.338 e. The fraction of sp³-hybridized carbons (Fsp3) is 0.278. The van der Waals surface area contributed by atoms with Gasteiger partial charge < -0.3 is 10.2 Å². The Labute approximate surface area is 135 Å². The van der Waals surface area contributed by atoms with E-state index in [4.69, 9.17) is 0 Å². The number of hydrogen-bond acceptors (Lipinski definition) is 3. The number of nitrogens with one attached hydrogen (secondary N) is 1. The van der Waals surface area contributed by atoms with E-state index in [0.717, 1.165) is 22.4 Å². The minimum absolute atomic E-state index is 0.0467. The number of hydrogen-bond donors (Lipinski definition) is 1. The number of nitrogens with zero attached hydrogens (tertiary/aromatic N) is 2. The number of fused-ring (bicyclic) bond motifs is 1. The first-order valence-electron chi connectivity index (χ1n) is 7.64. The molecule has 2 amide bonds. The van der Waals surface area contributed by atoms with Crippen molar-refractivity contribution in [2.45, 2.75) is 26.8 Å². The van der Waals surface area contributed by atoms with Gasteiger partial charge in [0.2, 0.25) is 5.91 Å². The molecule has 2 heterocycles. The van der Waals surface area contributed by atoms with E-state index in [0.29, 0.717) is 25.1 Å². The molecule has 0 atom stereocenters. The minimum Gasteiger partial charge on any atom is -0.338 e. The number of anilines is 1. The fourth-order valence-corrected chi connectivity index (χ4v) is 2.86. The number of carbonyl (C=O) groups is 2. The topological polar surface area (TPSA) is 62.3 Å². The Balaban J connectivity index is 1.87. The van der Waals surface area contributed by atoms with Gasteiger partial charge in [0, 0.05) is 38.1 Å². The Morgan fingerprint density at radius 1 is 1.22 bits per heavy atom. The molecule has 5 heteroatoms. The first-order chi connectivity index (χ1) is 11.1. The van der Waals surface area contributed by atoms with Crippen molar-refractivity contribution in [2.24, 2.45) is 0 Å². The summed E-state index contributed by atoms with van der Waals surface area (Å²) in [5.74, 6) is -0.106. The quantitative estimate of drug-likeness (QED) is 0.927. The SMILES string of the molecule is CC(=O)N1CCc2c(cncc2C(=O)Nc2ccccc2C)C1. The number of aromatic nitrogens is 1. The van der Waals surface area contributed by atoms with Crippen LogP contribution in [-0.2, 0) is 17.8 Å². The van der Waals surface area contributed by atoms with Gasteiger partial charge in [-0.25, -0.2) is 0 Å². The highest BCUT2D eigenvalue weighted by molar-refractivity contribution is 6.05. The Hall–Kier alpha value is -2.69. The van der Waals surface area contributed by atoms with E-state index in [1.165, 1.54) is 0 Å². The summed E-state index contributed by atoms with van der Waals surface area (Å²) >= 11 is 0. The molecule has 5 nitrogen and oxygen atoms in total. The van der Waals surface area contributed by atoms with E-state index < -0.39 is 0 Å². The Bertz CT molecular complexity index is 771. The van der Waals surface area contributed by atoms with E-state index in [2.05, 4.69) is 10.3 Å². The molecule has 3 rings (SSSR count). The standard InChI is InChI=1S/C18H19N3O2/c1-12-5-3-4-6-17(12)20-18(23)16-10-19-9-14-11-21(13(2)22)8-7-15(14)16/h3-6,9-10H,7-8,11H2,1-2H3,(H,20,23). The summed E-state index contributed by atoms with van der Waals surface area (Å²) in [6, 6.07) is 7.67. The lowest BCUT2D eigenvalue weighted by atomic mass is 9.96. The average molecular weight is 309 g/mol. The van der Waals surface area contributed by atoms with Crippen LogP contribution < -0.4 is 5.32 Å². The van der Waals surface area contributed by atoms with E-state index in [-0.39, 0.29) is 11.8 Å². The van der Waals surface area contributed by atoms with Crippen LogP contribution in [0.2, 0.25) is 0 Å². The molecule has 0 bridgehead atoms. The van der Waals surface area contributed by atoms with Gasteiger partial charge in [-0.05, 0) is 36.1 Å². The molecular formula is C18H19N3O2. The van der Waals surface area contributed by atoms with Gasteiger partial charge in [0.1, 0.15) is 0 Å². The molecule has 0 radical (unpaired) electrons. The highest BCUT2D eigenvalue weighted by atomic mass is 16.2. The van der Waals surface area contributed by atoms with Gasteiger partial charge in [-0.3, -0.25) is 14.6 Å². The average Bonchev–Trinajstić information content (AvgIpc) is 2.55. The van der Waals surface area contributed by atoms with Crippen LogP contribution in [0.1, 0.15) is 34.0 Å². The summed E-state index contributed by atoms with van der Waals surface area (Å²) in [4.78, 5) is 30.1. The third-order valence-corrected chi connectivity index (χ3v) is 4.22. The number of carbonyl (C=O) groups excluding carboxylic acids is 2. The van der Waals surface area contributed by atoms with Crippen LogP contribution in [0, 0.1) is 6.92 Å². The molecule has 1 N–H and O–H groups in total. The minimum atomic E-state index is -0.153. The van der Waals surface area contributed by atoms with Gasteiger partial charge in [0.25, 0.3) is 5.91 Å². The maximum Gasteiger partial charge on any atom is 0.257 e. The van der Waals surface area contributed by atoms with Crippen molar-refractivity contribution in [2.75, 3.05) is 11.9 Å². The molecule has 1 aromatic heterocycles. The number of rotatable bonds is 2. The summed E-state index contributed by atoms with van der Waals surface area (Å²) in [6.07, 6.45) is 4.03. The molecule has 0 unspecified atom stereocenters. The van der Waals surface area contributed by atoms with Crippen molar-refractivity contribution in [1.82, 2.24) is 9.88 Å². The van der Waals surface area contributed by atoms with Gasteiger partial charge >= 0.3 is 0 Å². The summed E-state index contributed by atoms with van der Waals surface area (Å²) < 4.78 is 0. The van der Waals surface area contributed by atoms with E-state index in [1.54, 1.807) is 24.2 Å². The molecule has 1 aromatic carbocycles. The monoisotopic (exact) mass is 309 g/mol. The number of pyridine rings is 1. The van der Waals surface area contributed by atoms with E-state index in [9.17, 15) is 9.59 Å². The molecule has 0 aliphatic carbocycles. The molecule has 0 fully saturated rings. The maximum absolute atomic E-state index is 12.6. The van der Waals surface area contributed by atoms with Crippen molar-refractivity contribution in [3.63, 3.8) is 0 Å². The van der Waals surface area contributed by atoms with Crippen molar-refractivity contribution in [1.29, 1.82) is 0 Å². The first-order valence-corrected chi connectivity index (χ1v) is 7.64. The normalized spacial score (nSPS) is 13.4. The van der Waals surface area contributed by atoms with E-state index in [1.807, 2.05) is 31.2 Å². The second-order valence-corrected chi connectivity index (χ2v) is 5.78. The lowest BCUT2D eigenvalue weighted by Crippen LogP contribution is -2.35. The smallest absolute Gasteiger partial charge is 0.257 e. The van der Waals surface area contributed by atoms with Crippen molar-refractivity contribution < 1.29 is 9.59 Å². The van der Waals surface area contributed by atoms with Crippen LogP contribution in [0.15, 0.2) is 36.7 Å². The molecule has 2 aromatic rings. The van der Waals surface area contributed by atoms with Gasteiger partial charge in [-0.15, -0.1) is 0 Å². The van der Waals surface area contributed by atoms with Crippen LogP contribution in [-0.4, -0.2) is 28.2 Å². The first kappa shape index (κ1) is 15.2. The van der Waals surface area contributed by atoms with Crippen LogP contribution in [0.5, 0.6) is 0 Å². The van der Waals surface area contributed by atoms with Crippen LogP contribution >= 0.6 is 0 Å². The number of para-hydroxylation sites is 1. The predicted octanol–water partition coefficient (Wildman–Crippen LogP) is 2.55. The second kappa shape index (κ2) is 6.20. The zero-order valence-corrected chi connectivity index (χ0v) is 13.3. The van der Waals surface area contributed by atoms with Gasteiger partial charge in [0.05, 0.1) is 5.56 Å². The highest BCUT2D eigenvalue weighted by Gasteiger charge is 2.23. The molecule has 118 valence electrons. The zero-order chi connectivity index (χ0) is 16.4. The van der Waals surface area contributed by atoms with Gasteiger partial charge in [-0.1, -0.05) is 18.2 Å². The number of benzene rings is 1. The lowest BCUT2D eigenvalue weighted by molar-refractivity contribution is -0.129. The third-order valence-electron chi connectivity index (χ3n) is 4.22. The van der Waals surface area contributed by atoms with Crippen molar-refractivity contribution >= 4 is 17.5 Å². The Morgan fingerprint density at radius 2 is 2.00 bits per heavy atom. The van der Waals surface area contributed by atoms with Crippen LogP contribution in [0.4, 0.5) is 5.69 Å². The predicted molar refractivity (Wildman–Crippen MR) is 88.2 cm³/mol. The summed E-state index contributed by atoms with van der Waals surface area (Å²) in [5, 5.41) is 2.95. The van der Waals surface area contributed by atoms with Gasteiger partial charge in [0.15, 0.2) is 0 Å². The molecule has 1 aliphatic rings. The Kier molecular flexibility index (Phi) is 4.10. The third kappa shape index (κ3) is 3.08. The van der Waals surface area contributed by atoms with Crippen molar-refractivity contribution in [3.8, 4) is 0 Å². The summed E-state index contributed by atoms with van der Waals surface area (Å²) in [6.45, 7) is 4.67. The summed E-state index contributed by atoms with van der Waals surface area (Å²) in [7, 11) is 0.